The first-order valence-corrected chi connectivity index (χ1v) is 8.38. The lowest BCUT2D eigenvalue weighted by Gasteiger charge is -2.37. The van der Waals surface area contributed by atoms with Crippen molar-refractivity contribution < 1.29 is 4.79 Å². The largest absolute Gasteiger partial charge is 0.353 e. The second-order valence-corrected chi connectivity index (χ2v) is 6.75. The highest BCUT2D eigenvalue weighted by molar-refractivity contribution is 5.82. The molecule has 2 heterocycles. The Labute approximate surface area is 123 Å². The predicted octanol–water partition coefficient (Wildman–Crippen LogP) is 1.76. The summed E-state index contributed by atoms with van der Waals surface area (Å²) in [4.78, 5) is 15.0. The van der Waals surface area contributed by atoms with Crippen LogP contribution in [0, 0.1) is 5.41 Å². The van der Waals surface area contributed by atoms with E-state index in [1.54, 1.807) is 0 Å². The number of carbonyl (C=O) groups is 1. The van der Waals surface area contributed by atoms with Gasteiger partial charge in [-0.05, 0) is 51.7 Å². The van der Waals surface area contributed by atoms with E-state index in [4.69, 9.17) is 0 Å². The van der Waals surface area contributed by atoms with Gasteiger partial charge >= 0.3 is 0 Å². The van der Waals surface area contributed by atoms with Crippen LogP contribution in [0.2, 0.25) is 0 Å². The quantitative estimate of drug-likeness (QED) is 0.807. The molecule has 116 valence electrons. The molecule has 0 radical (unpaired) electrons. The molecule has 0 saturated carbocycles. The van der Waals surface area contributed by atoms with E-state index in [0.717, 1.165) is 51.9 Å². The summed E-state index contributed by atoms with van der Waals surface area (Å²) in [5.41, 5.74) is -0.148. The molecule has 0 bridgehead atoms. The fourth-order valence-corrected chi connectivity index (χ4v) is 3.25. The van der Waals surface area contributed by atoms with E-state index in [2.05, 4.69) is 29.4 Å². The smallest absolute Gasteiger partial charge is 0.226 e. The van der Waals surface area contributed by atoms with Gasteiger partial charge in [-0.25, -0.2) is 0 Å². The highest BCUT2D eigenvalue weighted by Gasteiger charge is 2.35. The average molecular weight is 281 g/mol. The number of piperidine rings is 2. The van der Waals surface area contributed by atoms with E-state index in [1.165, 1.54) is 19.4 Å². The van der Waals surface area contributed by atoms with E-state index >= 15 is 0 Å². The van der Waals surface area contributed by atoms with Crippen LogP contribution in [0.1, 0.15) is 52.4 Å². The molecule has 0 aromatic carbocycles. The van der Waals surface area contributed by atoms with Crippen LogP contribution in [0.3, 0.4) is 0 Å². The van der Waals surface area contributed by atoms with Crippen molar-refractivity contribution >= 4 is 5.91 Å². The summed E-state index contributed by atoms with van der Waals surface area (Å²) in [5, 5.41) is 6.65. The predicted molar refractivity (Wildman–Crippen MR) is 82.7 cm³/mol. The summed E-state index contributed by atoms with van der Waals surface area (Å²) in [6.45, 7) is 9.82. The van der Waals surface area contributed by atoms with Crippen molar-refractivity contribution in [1.29, 1.82) is 0 Å². The number of nitrogens with zero attached hydrogens (tertiary/aromatic N) is 1. The van der Waals surface area contributed by atoms with E-state index in [0.29, 0.717) is 6.04 Å². The Morgan fingerprint density at radius 3 is 2.55 bits per heavy atom. The Balaban J connectivity index is 1.73. The number of likely N-dealkylation sites (tertiary alicyclic amines) is 1. The fraction of sp³-hybridized carbons (Fsp3) is 0.938. The second kappa shape index (κ2) is 7.41. The maximum atomic E-state index is 12.5. The van der Waals surface area contributed by atoms with Crippen molar-refractivity contribution in [2.24, 2.45) is 5.41 Å². The molecule has 0 aromatic rings. The molecule has 0 spiro atoms. The summed E-state index contributed by atoms with van der Waals surface area (Å²) in [5.74, 6) is 0.283. The minimum absolute atomic E-state index is 0.148. The zero-order valence-electron chi connectivity index (χ0n) is 13.2. The minimum atomic E-state index is -0.148. The van der Waals surface area contributed by atoms with Crippen LogP contribution in [0.5, 0.6) is 0 Å². The van der Waals surface area contributed by atoms with Gasteiger partial charge in [0, 0.05) is 24.5 Å². The van der Waals surface area contributed by atoms with Crippen LogP contribution >= 0.6 is 0 Å². The zero-order chi connectivity index (χ0) is 14.4. The molecule has 2 saturated heterocycles. The van der Waals surface area contributed by atoms with Crippen LogP contribution in [0.25, 0.3) is 0 Å². The SMILES string of the molecule is CCCCN1CCC(NC(=O)C2(C)CCNCC2)CC1. The monoisotopic (exact) mass is 281 g/mol. The van der Waals surface area contributed by atoms with E-state index < -0.39 is 0 Å². The Hall–Kier alpha value is -0.610. The van der Waals surface area contributed by atoms with Crippen LogP contribution in [0.4, 0.5) is 0 Å². The van der Waals surface area contributed by atoms with Gasteiger partial charge in [-0.2, -0.15) is 0 Å². The standard InChI is InChI=1S/C16H31N3O/c1-3-4-11-19-12-5-14(6-13-19)18-15(20)16(2)7-9-17-10-8-16/h14,17H,3-13H2,1-2H3,(H,18,20). The molecule has 2 rings (SSSR count). The highest BCUT2D eigenvalue weighted by Crippen LogP contribution is 2.28. The first kappa shape index (κ1) is 15.8. The van der Waals surface area contributed by atoms with Gasteiger partial charge in [0.05, 0.1) is 0 Å². The van der Waals surface area contributed by atoms with Gasteiger partial charge in [-0.15, -0.1) is 0 Å². The molecule has 4 heteroatoms. The fourth-order valence-electron chi connectivity index (χ4n) is 3.25. The van der Waals surface area contributed by atoms with Gasteiger partial charge in [-0.3, -0.25) is 4.79 Å². The molecule has 1 amide bonds. The summed E-state index contributed by atoms with van der Waals surface area (Å²) in [7, 11) is 0. The van der Waals surface area contributed by atoms with Crippen LogP contribution in [-0.2, 0) is 4.79 Å². The molecule has 20 heavy (non-hydrogen) atoms. The van der Waals surface area contributed by atoms with Gasteiger partial charge in [0.1, 0.15) is 0 Å². The molecule has 2 aliphatic heterocycles. The first-order chi connectivity index (χ1) is 9.64. The van der Waals surface area contributed by atoms with Crippen molar-refractivity contribution in [2.45, 2.75) is 58.4 Å². The molecular formula is C16H31N3O. The average Bonchev–Trinajstić information content (AvgIpc) is 2.47. The molecule has 2 N–H and O–H groups in total. The Morgan fingerprint density at radius 2 is 1.95 bits per heavy atom. The van der Waals surface area contributed by atoms with Crippen molar-refractivity contribution in [2.75, 3.05) is 32.7 Å². The number of carbonyl (C=O) groups excluding carboxylic acids is 1. The topological polar surface area (TPSA) is 44.4 Å². The molecule has 0 aromatic heterocycles. The van der Waals surface area contributed by atoms with Gasteiger partial charge in [0.25, 0.3) is 0 Å². The number of rotatable bonds is 5. The van der Waals surface area contributed by atoms with Crippen molar-refractivity contribution in [3.05, 3.63) is 0 Å². The summed E-state index contributed by atoms with van der Waals surface area (Å²) < 4.78 is 0. The highest BCUT2D eigenvalue weighted by atomic mass is 16.2. The lowest BCUT2D eigenvalue weighted by molar-refractivity contribution is -0.132. The maximum absolute atomic E-state index is 12.5. The van der Waals surface area contributed by atoms with Gasteiger partial charge in [0.15, 0.2) is 0 Å². The summed E-state index contributed by atoms with van der Waals surface area (Å²) in [6, 6.07) is 0.395. The third-order valence-electron chi connectivity index (χ3n) is 5.01. The summed E-state index contributed by atoms with van der Waals surface area (Å²) in [6.07, 6.45) is 6.72. The molecule has 4 nitrogen and oxygen atoms in total. The van der Waals surface area contributed by atoms with Crippen LogP contribution in [-0.4, -0.2) is 49.6 Å². The van der Waals surface area contributed by atoms with E-state index in [9.17, 15) is 4.79 Å². The van der Waals surface area contributed by atoms with Gasteiger partial charge in [-0.1, -0.05) is 20.3 Å². The number of hydrogen-bond acceptors (Lipinski definition) is 3. The Kier molecular flexibility index (Phi) is 5.85. The molecule has 2 aliphatic rings. The normalized spacial score (nSPS) is 24.5. The van der Waals surface area contributed by atoms with Crippen molar-refractivity contribution in [3.63, 3.8) is 0 Å². The third-order valence-corrected chi connectivity index (χ3v) is 5.01. The van der Waals surface area contributed by atoms with Crippen molar-refractivity contribution in [1.82, 2.24) is 15.5 Å². The summed E-state index contributed by atoms with van der Waals surface area (Å²) >= 11 is 0. The molecule has 2 fully saturated rings. The van der Waals surface area contributed by atoms with Gasteiger partial charge < -0.3 is 15.5 Å². The first-order valence-electron chi connectivity index (χ1n) is 8.38. The Morgan fingerprint density at radius 1 is 1.30 bits per heavy atom. The maximum Gasteiger partial charge on any atom is 0.226 e. The molecule has 0 unspecified atom stereocenters. The number of amides is 1. The number of hydrogen-bond donors (Lipinski definition) is 2. The zero-order valence-corrected chi connectivity index (χ0v) is 13.2. The van der Waals surface area contributed by atoms with E-state index in [1.807, 2.05) is 0 Å². The number of nitrogens with one attached hydrogen (secondary N) is 2. The van der Waals surface area contributed by atoms with Crippen LogP contribution < -0.4 is 10.6 Å². The van der Waals surface area contributed by atoms with Crippen LogP contribution in [0.15, 0.2) is 0 Å². The lowest BCUT2D eigenvalue weighted by atomic mass is 9.80. The third kappa shape index (κ3) is 4.19. The molecule has 0 aliphatic carbocycles. The molecular weight excluding hydrogens is 250 g/mol. The molecule has 0 atom stereocenters. The van der Waals surface area contributed by atoms with E-state index in [-0.39, 0.29) is 11.3 Å². The minimum Gasteiger partial charge on any atom is -0.353 e. The second-order valence-electron chi connectivity index (χ2n) is 6.75. The lowest BCUT2D eigenvalue weighted by Crippen LogP contribution is -2.51. The number of unbranched alkanes of at least 4 members (excludes halogenated alkanes) is 1. The van der Waals surface area contributed by atoms with Gasteiger partial charge in [0.2, 0.25) is 5.91 Å². The van der Waals surface area contributed by atoms with Crippen molar-refractivity contribution in [3.8, 4) is 0 Å². The Bertz CT molecular complexity index is 305.